The Morgan fingerprint density at radius 1 is 1.25 bits per heavy atom. The average molecular weight is 516 g/mol. The average Bonchev–Trinajstić information content (AvgIpc) is 3.38. The molecule has 2 saturated heterocycles. The number of anilines is 1. The number of halogens is 2. The number of hydrogen-bond donors (Lipinski definition) is 3. The van der Waals surface area contributed by atoms with Crippen LogP contribution in [0.15, 0.2) is 18.3 Å². The van der Waals surface area contributed by atoms with Gasteiger partial charge in [0.25, 0.3) is 0 Å². The molecule has 190 valence electrons. The van der Waals surface area contributed by atoms with Crippen molar-refractivity contribution in [1.82, 2.24) is 19.5 Å². The SMILES string of the molecule is CC(C)n1c(C23CC(O)(C2)C3)nc2c(F)cc(-c3nc(NC4C[C@H]5CO[C@H](O5)[C@H]4O)ncc3Cl)cc21. The van der Waals surface area contributed by atoms with Crippen LogP contribution in [0.4, 0.5) is 10.3 Å². The lowest BCUT2D eigenvalue weighted by Gasteiger charge is -2.67. The Morgan fingerprint density at radius 2 is 2.03 bits per heavy atom. The molecule has 9 nitrogen and oxygen atoms in total. The van der Waals surface area contributed by atoms with E-state index < -0.39 is 23.8 Å². The van der Waals surface area contributed by atoms with Gasteiger partial charge in [-0.2, -0.15) is 0 Å². The Kier molecular flexibility index (Phi) is 4.80. The molecule has 3 aromatic rings. The number of nitrogens with zero attached hydrogens (tertiary/aromatic N) is 4. The van der Waals surface area contributed by atoms with E-state index in [4.69, 9.17) is 26.1 Å². The van der Waals surface area contributed by atoms with Crippen LogP contribution in [0.5, 0.6) is 0 Å². The van der Waals surface area contributed by atoms with Crippen molar-refractivity contribution in [3.8, 4) is 11.3 Å². The molecule has 3 saturated carbocycles. The zero-order valence-corrected chi connectivity index (χ0v) is 20.7. The fourth-order valence-electron chi connectivity index (χ4n) is 6.49. The van der Waals surface area contributed by atoms with Gasteiger partial charge in [-0.05, 0) is 51.7 Å². The summed E-state index contributed by atoms with van der Waals surface area (Å²) in [7, 11) is 0. The van der Waals surface area contributed by atoms with Gasteiger partial charge in [-0.25, -0.2) is 19.3 Å². The van der Waals surface area contributed by atoms with Crippen LogP contribution in [0.2, 0.25) is 5.02 Å². The Bertz CT molecular complexity index is 1380. The van der Waals surface area contributed by atoms with Crippen molar-refractivity contribution in [3.63, 3.8) is 0 Å². The molecule has 0 amide bonds. The molecule has 0 radical (unpaired) electrons. The van der Waals surface area contributed by atoms with Crippen molar-refractivity contribution in [2.75, 3.05) is 11.9 Å². The number of aliphatic hydroxyl groups is 2. The topological polar surface area (TPSA) is 115 Å². The molecule has 4 bridgehead atoms. The van der Waals surface area contributed by atoms with Gasteiger partial charge < -0.3 is 29.6 Å². The minimum Gasteiger partial charge on any atom is -0.390 e. The van der Waals surface area contributed by atoms with E-state index in [0.29, 0.717) is 54.6 Å². The summed E-state index contributed by atoms with van der Waals surface area (Å²) in [6.45, 7) is 4.54. The minimum atomic E-state index is -0.867. The monoisotopic (exact) mass is 515 g/mol. The first-order valence-electron chi connectivity index (χ1n) is 12.3. The van der Waals surface area contributed by atoms with Crippen LogP contribution in [0.3, 0.4) is 0 Å². The molecule has 3 aliphatic carbocycles. The quantitative estimate of drug-likeness (QED) is 0.474. The number of rotatable bonds is 5. The van der Waals surface area contributed by atoms with E-state index in [-0.39, 0.29) is 34.6 Å². The smallest absolute Gasteiger partial charge is 0.223 e. The number of nitrogens with one attached hydrogen (secondary N) is 1. The van der Waals surface area contributed by atoms with E-state index in [9.17, 15) is 10.2 Å². The summed E-state index contributed by atoms with van der Waals surface area (Å²) in [6.07, 6.45) is 2.40. The summed E-state index contributed by atoms with van der Waals surface area (Å²) in [6, 6.07) is 2.96. The zero-order chi connectivity index (χ0) is 25.0. The number of benzene rings is 1. The van der Waals surface area contributed by atoms with E-state index in [1.807, 2.05) is 19.9 Å². The fourth-order valence-corrected chi connectivity index (χ4v) is 6.69. The molecular formula is C25H27ClFN5O4. The van der Waals surface area contributed by atoms with Crippen LogP contribution in [0, 0.1) is 5.82 Å². The number of ether oxygens (including phenoxy) is 2. The number of imidazole rings is 1. The Morgan fingerprint density at radius 3 is 2.75 bits per heavy atom. The maximum Gasteiger partial charge on any atom is 0.223 e. The Balaban J connectivity index is 1.27. The van der Waals surface area contributed by atoms with Crippen molar-refractivity contribution in [3.05, 3.63) is 35.0 Å². The van der Waals surface area contributed by atoms with Crippen molar-refractivity contribution < 1.29 is 24.1 Å². The van der Waals surface area contributed by atoms with Gasteiger partial charge in [0.15, 0.2) is 12.1 Å². The summed E-state index contributed by atoms with van der Waals surface area (Å²) in [4.78, 5) is 13.6. The molecule has 1 aromatic carbocycles. The second-order valence-corrected chi connectivity index (χ2v) is 11.5. The first-order valence-corrected chi connectivity index (χ1v) is 12.7. The van der Waals surface area contributed by atoms with Gasteiger partial charge in [0.1, 0.15) is 17.4 Å². The van der Waals surface area contributed by atoms with Crippen LogP contribution < -0.4 is 5.32 Å². The second kappa shape index (κ2) is 7.58. The van der Waals surface area contributed by atoms with Crippen LogP contribution >= 0.6 is 11.6 Å². The van der Waals surface area contributed by atoms with Crippen LogP contribution in [-0.2, 0) is 14.9 Å². The summed E-state index contributed by atoms with van der Waals surface area (Å²) >= 11 is 6.48. The van der Waals surface area contributed by atoms with E-state index in [2.05, 4.69) is 19.9 Å². The fraction of sp³-hybridized carbons (Fsp3) is 0.560. The molecule has 4 heterocycles. The summed E-state index contributed by atoms with van der Waals surface area (Å²) in [5, 5.41) is 24.3. The molecule has 5 aliphatic rings. The first kappa shape index (κ1) is 22.8. The van der Waals surface area contributed by atoms with Crippen LogP contribution in [-0.4, -0.2) is 66.5 Å². The summed E-state index contributed by atoms with van der Waals surface area (Å²) in [5.74, 6) is 0.660. The lowest BCUT2D eigenvalue weighted by Crippen LogP contribution is -2.70. The van der Waals surface area contributed by atoms with Crippen molar-refractivity contribution >= 4 is 28.6 Å². The first-order chi connectivity index (χ1) is 17.1. The third-order valence-corrected chi connectivity index (χ3v) is 8.33. The summed E-state index contributed by atoms with van der Waals surface area (Å²) < 4.78 is 28.6. The van der Waals surface area contributed by atoms with E-state index in [1.165, 1.54) is 12.3 Å². The maximum absolute atomic E-state index is 15.4. The lowest BCUT2D eigenvalue weighted by molar-refractivity contribution is -0.217. The molecular weight excluding hydrogens is 489 g/mol. The number of aromatic nitrogens is 4. The highest BCUT2D eigenvalue weighted by Gasteiger charge is 2.70. The normalized spacial score (nSPS) is 34.6. The third-order valence-electron chi connectivity index (χ3n) is 8.05. The number of aliphatic hydroxyl groups excluding tert-OH is 1. The zero-order valence-electron chi connectivity index (χ0n) is 19.9. The van der Waals surface area contributed by atoms with E-state index in [0.717, 1.165) is 5.82 Å². The second-order valence-electron chi connectivity index (χ2n) is 11.1. The molecule has 3 N–H and O–H groups in total. The third kappa shape index (κ3) is 3.24. The van der Waals surface area contributed by atoms with Crippen LogP contribution in [0.25, 0.3) is 22.3 Å². The molecule has 11 heteroatoms. The molecule has 2 aliphatic heterocycles. The van der Waals surface area contributed by atoms with Crippen LogP contribution in [0.1, 0.15) is 51.4 Å². The van der Waals surface area contributed by atoms with Gasteiger partial charge in [0.2, 0.25) is 5.95 Å². The molecule has 36 heavy (non-hydrogen) atoms. The maximum atomic E-state index is 15.4. The van der Waals surface area contributed by atoms with Gasteiger partial charge in [-0.3, -0.25) is 0 Å². The predicted molar refractivity (Wildman–Crippen MR) is 129 cm³/mol. The number of fused-ring (bicyclic) bond motifs is 3. The molecule has 8 rings (SSSR count). The standard InChI is InChI=1S/C25H27ClFN5O4/c1-11(2)32-17-4-12(3-15(27)19(17)30-22(32)24-8-25(34,9-24)10-24)18-14(26)6-28-23(31-18)29-16-5-13-7-35-21(36-13)20(16)33/h3-4,6,11,13,16,20-21,33-34H,5,7-10H2,1-2H3,(H,28,29,31)/t13-,16?,20-,21+,24?,25?/m0/s1. The van der Waals surface area contributed by atoms with E-state index in [1.54, 1.807) is 0 Å². The van der Waals surface area contributed by atoms with Gasteiger partial charge in [-0.1, -0.05) is 11.6 Å². The minimum absolute atomic E-state index is 0.0500. The summed E-state index contributed by atoms with van der Waals surface area (Å²) in [5.41, 5.74) is 1.12. The van der Waals surface area contributed by atoms with Gasteiger partial charge in [0.05, 0.1) is 46.8 Å². The van der Waals surface area contributed by atoms with Gasteiger partial charge in [-0.15, -0.1) is 0 Å². The molecule has 5 fully saturated rings. The highest BCUT2D eigenvalue weighted by Crippen LogP contribution is 2.67. The highest BCUT2D eigenvalue weighted by molar-refractivity contribution is 6.33. The lowest BCUT2D eigenvalue weighted by atomic mass is 9.41. The Hall–Kier alpha value is -2.37. The van der Waals surface area contributed by atoms with Crippen molar-refractivity contribution in [2.24, 2.45) is 0 Å². The molecule has 1 unspecified atom stereocenters. The van der Waals surface area contributed by atoms with Gasteiger partial charge >= 0.3 is 0 Å². The van der Waals surface area contributed by atoms with Crippen molar-refractivity contribution in [1.29, 1.82) is 0 Å². The molecule has 0 spiro atoms. The molecule has 2 aromatic heterocycles. The number of hydrogen-bond acceptors (Lipinski definition) is 8. The largest absolute Gasteiger partial charge is 0.390 e. The van der Waals surface area contributed by atoms with Gasteiger partial charge in [0, 0.05) is 17.0 Å². The molecule has 4 atom stereocenters. The Labute approximate surface area is 211 Å². The predicted octanol–water partition coefficient (Wildman–Crippen LogP) is 3.32. The van der Waals surface area contributed by atoms with E-state index >= 15 is 4.39 Å². The highest BCUT2D eigenvalue weighted by atomic mass is 35.5. The van der Waals surface area contributed by atoms with Crippen molar-refractivity contribution in [2.45, 2.75) is 81.1 Å².